The molecule has 3 N–H and O–H groups in total. The Hall–Kier alpha value is -1.58. The summed E-state index contributed by atoms with van der Waals surface area (Å²) in [7, 11) is 0. The normalized spacial score (nSPS) is 14.4. The first-order valence-corrected chi connectivity index (χ1v) is 6.17. The standard InChI is InChI=1S/C15H19NO2/c1-10(17)9-18-15-13(11(2)16)8-7-12-5-3-4-6-14(12)15/h3-8,10-11,17H,9,16H2,1-2H3/t10?,11-/m1/s1. The highest BCUT2D eigenvalue weighted by molar-refractivity contribution is 5.89. The third kappa shape index (κ3) is 2.63. The van der Waals surface area contributed by atoms with Crippen LogP contribution in [0.1, 0.15) is 25.5 Å². The van der Waals surface area contributed by atoms with Crippen LogP contribution >= 0.6 is 0 Å². The summed E-state index contributed by atoms with van der Waals surface area (Å²) in [6.07, 6.45) is -0.495. The Labute approximate surface area is 107 Å². The zero-order valence-corrected chi connectivity index (χ0v) is 10.8. The number of hydrogen-bond donors (Lipinski definition) is 2. The first-order chi connectivity index (χ1) is 8.59. The summed E-state index contributed by atoms with van der Waals surface area (Å²) in [4.78, 5) is 0. The van der Waals surface area contributed by atoms with Gasteiger partial charge in [-0.2, -0.15) is 0 Å². The largest absolute Gasteiger partial charge is 0.490 e. The van der Waals surface area contributed by atoms with Crippen LogP contribution in [0.5, 0.6) is 5.75 Å². The van der Waals surface area contributed by atoms with Crippen molar-refractivity contribution >= 4 is 10.8 Å². The molecule has 0 spiro atoms. The van der Waals surface area contributed by atoms with Gasteiger partial charge in [-0.1, -0.05) is 36.4 Å². The van der Waals surface area contributed by atoms with Crippen molar-refractivity contribution in [2.75, 3.05) is 6.61 Å². The van der Waals surface area contributed by atoms with Crippen molar-refractivity contribution in [3.05, 3.63) is 42.0 Å². The Balaban J connectivity index is 2.52. The minimum atomic E-state index is -0.495. The molecule has 2 atom stereocenters. The number of aliphatic hydroxyl groups excluding tert-OH is 1. The third-order valence-electron chi connectivity index (χ3n) is 2.87. The molecule has 2 aromatic carbocycles. The monoisotopic (exact) mass is 245 g/mol. The van der Waals surface area contributed by atoms with Gasteiger partial charge in [0.1, 0.15) is 12.4 Å². The molecule has 0 saturated carbocycles. The first kappa shape index (κ1) is 12.9. The zero-order chi connectivity index (χ0) is 13.1. The highest BCUT2D eigenvalue weighted by Gasteiger charge is 2.12. The van der Waals surface area contributed by atoms with Crippen molar-refractivity contribution in [1.82, 2.24) is 0 Å². The number of rotatable bonds is 4. The van der Waals surface area contributed by atoms with Crippen LogP contribution in [0.15, 0.2) is 36.4 Å². The van der Waals surface area contributed by atoms with Gasteiger partial charge < -0.3 is 15.6 Å². The number of benzene rings is 2. The second-order valence-corrected chi connectivity index (χ2v) is 4.65. The smallest absolute Gasteiger partial charge is 0.132 e. The fraction of sp³-hybridized carbons (Fsp3) is 0.333. The van der Waals surface area contributed by atoms with E-state index in [1.165, 1.54) is 0 Å². The lowest BCUT2D eigenvalue weighted by molar-refractivity contribution is 0.123. The zero-order valence-electron chi connectivity index (χ0n) is 10.8. The second-order valence-electron chi connectivity index (χ2n) is 4.65. The van der Waals surface area contributed by atoms with E-state index < -0.39 is 6.10 Å². The predicted octanol–water partition coefficient (Wildman–Crippen LogP) is 2.62. The highest BCUT2D eigenvalue weighted by atomic mass is 16.5. The number of ether oxygens (including phenoxy) is 1. The second kappa shape index (κ2) is 5.38. The topological polar surface area (TPSA) is 55.5 Å². The van der Waals surface area contributed by atoms with Crippen LogP contribution in [0.2, 0.25) is 0 Å². The summed E-state index contributed by atoms with van der Waals surface area (Å²) in [5, 5.41) is 11.5. The molecule has 0 bridgehead atoms. The molecule has 0 aliphatic carbocycles. The van der Waals surface area contributed by atoms with Crippen LogP contribution in [0.4, 0.5) is 0 Å². The van der Waals surface area contributed by atoms with Gasteiger partial charge in [-0.25, -0.2) is 0 Å². The molecule has 0 heterocycles. The molecule has 96 valence electrons. The van der Waals surface area contributed by atoms with Gasteiger partial charge in [0.15, 0.2) is 0 Å². The molecule has 1 unspecified atom stereocenters. The predicted molar refractivity (Wildman–Crippen MR) is 73.7 cm³/mol. The fourth-order valence-corrected chi connectivity index (χ4v) is 1.98. The lowest BCUT2D eigenvalue weighted by Gasteiger charge is -2.17. The van der Waals surface area contributed by atoms with E-state index in [-0.39, 0.29) is 12.6 Å². The molecule has 0 saturated heterocycles. The van der Waals surface area contributed by atoms with E-state index in [4.69, 9.17) is 10.5 Å². The van der Waals surface area contributed by atoms with Crippen molar-refractivity contribution in [3.8, 4) is 5.75 Å². The van der Waals surface area contributed by atoms with Crippen LogP contribution in [0.3, 0.4) is 0 Å². The SMILES string of the molecule is CC(O)COc1c([C@@H](C)N)ccc2ccccc12. The van der Waals surface area contributed by atoms with Gasteiger partial charge in [0.05, 0.1) is 6.10 Å². The minimum absolute atomic E-state index is 0.0985. The quantitative estimate of drug-likeness (QED) is 0.870. The third-order valence-corrected chi connectivity index (χ3v) is 2.87. The van der Waals surface area contributed by atoms with E-state index in [1.54, 1.807) is 6.92 Å². The van der Waals surface area contributed by atoms with E-state index >= 15 is 0 Å². The summed E-state index contributed by atoms with van der Waals surface area (Å²) in [5.41, 5.74) is 6.94. The van der Waals surface area contributed by atoms with E-state index in [9.17, 15) is 5.11 Å². The molecule has 0 aliphatic rings. The molecular weight excluding hydrogens is 226 g/mol. The maximum absolute atomic E-state index is 9.36. The molecule has 0 aromatic heterocycles. The summed E-state index contributed by atoms with van der Waals surface area (Å²) in [6, 6.07) is 12.0. The Morgan fingerprint density at radius 2 is 1.89 bits per heavy atom. The summed E-state index contributed by atoms with van der Waals surface area (Å²) >= 11 is 0. The van der Waals surface area contributed by atoms with Crippen LogP contribution in [0, 0.1) is 0 Å². The molecule has 18 heavy (non-hydrogen) atoms. The fourth-order valence-electron chi connectivity index (χ4n) is 1.98. The van der Waals surface area contributed by atoms with Crippen LogP contribution in [0.25, 0.3) is 10.8 Å². The molecule has 2 aromatic rings. The van der Waals surface area contributed by atoms with Crippen molar-refractivity contribution in [3.63, 3.8) is 0 Å². The Bertz CT molecular complexity index is 535. The molecular formula is C15H19NO2. The minimum Gasteiger partial charge on any atom is -0.490 e. The van der Waals surface area contributed by atoms with Gasteiger partial charge in [-0.3, -0.25) is 0 Å². The van der Waals surface area contributed by atoms with Crippen molar-refractivity contribution in [2.45, 2.75) is 26.0 Å². The van der Waals surface area contributed by atoms with Gasteiger partial charge >= 0.3 is 0 Å². The molecule has 0 aliphatic heterocycles. The number of hydrogen-bond acceptors (Lipinski definition) is 3. The average molecular weight is 245 g/mol. The van der Waals surface area contributed by atoms with Crippen LogP contribution < -0.4 is 10.5 Å². The molecule has 3 heteroatoms. The molecule has 0 fully saturated rings. The van der Waals surface area contributed by atoms with E-state index in [0.717, 1.165) is 22.1 Å². The first-order valence-electron chi connectivity index (χ1n) is 6.17. The van der Waals surface area contributed by atoms with Gasteiger partial charge in [-0.15, -0.1) is 0 Å². The van der Waals surface area contributed by atoms with E-state index in [1.807, 2.05) is 43.3 Å². The highest BCUT2D eigenvalue weighted by Crippen LogP contribution is 2.32. The van der Waals surface area contributed by atoms with Crippen molar-refractivity contribution in [1.29, 1.82) is 0 Å². The Kier molecular flexibility index (Phi) is 3.84. The molecule has 0 radical (unpaired) electrons. The number of aliphatic hydroxyl groups is 1. The lowest BCUT2D eigenvalue weighted by Crippen LogP contribution is -2.15. The Morgan fingerprint density at radius 1 is 1.17 bits per heavy atom. The summed E-state index contributed by atoms with van der Waals surface area (Å²) in [6.45, 7) is 3.91. The van der Waals surface area contributed by atoms with Gasteiger partial charge in [0, 0.05) is 17.0 Å². The number of fused-ring (bicyclic) bond motifs is 1. The van der Waals surface area contributed by atoms with Crippen molar-refractivity contribution < 1.29 is 9.84 Å². The molecule has 2 rings (SSSR count). The maximum Gasteiger partial charge on any atom is 0.132 e. The molecule has 0 amide bonds. The molecule has 3 nitrogen and oxygen atoms in total. The number of nitrogens with two attached hydrogens (primary N) is 1. The summed E-state index contributed by atoms with van der Waals surface area (Å²) < 4.78 is 5.74. The van der Waals surface area contributed by atoms with Gasteiger partial charge in [-0.05, 0) is 19.2 Å². The summed E-state index contributed by atoms with van der Waals surface area (Å²) in [5.74, 6) is 0.781. The van der Waals surface area contributed by atoms with E-state index in [0.29, 0.717) is 0 Å². The van der Waals surface area contributed by atoms with Crippen LogP contribution in [-0.2, 0) is 0 Å². The lowest BCUT2D eigenvalue weighted by atomic mass is 10.0. The van der Waals surface area contributed by atoms with E-state index in [2.05, 4.69) is 0 Å². The average Bonchev–Trinajstić information content (AvgIpc) is 2.35. The Morgan fingerprint density at radius 3 is 2.56 bits per heavy atom. The van der Waals surface area contributed by atoms with Gasteiger partial charge in [0.2, 0.25) is 0 Å². The maximum atomic E-state index is 9.36. The van der Waals surface area contributed by atoms with Crippen LogP contribution in [-0.4, -0.2) is 17.8 Å². The van der Waals surface area contributed by atoms with Crippen molar-refractivity contribution in [2.24, 2.45) is 5.73 Å². The van der Waals surface area contributed by atoms with Gasteiger partial charge in [0.25, 0.3) is 0 Å².